The number of amides is 1. The molecule has 0 bridgehead atoms. The van der Waals surface area contributed by atoms with E-state index in [9.17, 15) is 4.79 Å². The van der Waals surface area contributed by atoms with Gasteiger partial charge in [-0.25, -0.2) is 4.79 Å². The molecule has 2 aromatic carbocycles. The highest BCUT2D eigenvalue weighted by Crippen LogP contribution is 2.31. The third-order valence-corrected chi connectivity index (χ3v) is 4.96. The Labute approximate surface area is 168 Å². The van der Waals surface area contributed by atoms with Gasteiger partial charge in [-0.2, -0.15) is 0 Å². The lowest BCUT2D eigenvalue weighted by molar-refractivity contribution is 0.0643. The van der Waals surface area contributed by atoms with Gasteiger partial charge in [0.1, 0.15) is 6.10 Å². The van der Waals surface area contributed by atoms with Crippen molar-refractivity contribution >= 4 is 6.09 Å². The predicted molar refractivity (Wildman–Crippen MR) is 113 cm³/mol. The van der Waals surface area contributed by atoms with E-state index in [4.69, 9.17) is 4.74 Å². The number of nitrogens with zero attached hydrogens (tertiary/aromatic N) is 1. The number of carbonyl (C=O) groups excluding carboxylic acids is 1. The minimum Gasteiger partial charge on any atom is -0.440 e. The molecule has 1 amide bonds. The van der Waals surface area contributed by atoms with Crippen molar-refractivity contribution < 1.29 is 9.53 Å². The lowest BCUT2D eigenvalue weighted by Crippen LogP contribution is -2.36. The number of benzene rings is 2. The zero-order valence-corrected chi connectivity index (χ0v) is 17.0. The molecule has 2 aromatic rings. The van der Waals surface area contributed by atoms with Crippen molar-refractivity contribution in [2.75, 3.05) is 19.6 Å². The lowest BCUT2D eigenvalue weighted by atomic mass is 10.1. The van der Waals surface area contributed by atoms with Gasteiger partial charge < -0.3 is 10.1 Å². The molecule has 0 saturated heterocycles. The lowest BCUT2D eigenvalue weighted by Gasteiger charge is -2.29. The Hall–Kier alpha value is -2.33. The fourth-order valence-electron chi connectivity index (χ4n) is 3.46. The molecule has 4 heteroatoms. The maximum atomic E-state index is 12.5. The highest BCUT2D eigenvalue weighted by atomic mass is 16.6. The molecule has 1 N–H and O–H groups in total. The molecule has 1 atom stereocenters. The number of alkyl carbamates (subject to hydrolysis) is 1. The Kier molecular flexibility index (Phi) is 7.49. The van der Waals surface area contributed by atoms with Crippen molar-refractivity contribution in [3.63, 3.8) is 0 Å². The molecule has 0 aliphatic heterocycles. The van der Waals surface area contributed by atoms with Crippen molar-refractivity contribution in [1.29, 1.82) is 0 Å². The van der Waals surface area contributed by atoms with E-state index >= 15 is 0 Å². The summed E-state index contributed by atoms with van der Waals surface area (Å²) in [5.41, 5.74) is 2.10. The molecular formula is C24H32N2O2. The highest BCUT2D eigenvalue weighted by Gasteiger charge is 2.27. The summed E-state index contributed by atoms with van der Waals surface area (Å²) in [7, 11) is 0. The summed E-state index contributed by atoms with van der Waals surface area (Å²) in [4.78, 5) is 14.9. The van der Waals surface area contributed by atoms with Gasteiger partial charge in [0.2, 0.25) is 0 Å². The molecule has 0 spiro atoms. The SMILES string of the molecule is CC(C)CN(CC1CC1)CC(OC(=O)NCc1ccccc1)c1ccccc1. The summed E-state index contributed by atoms with van der Waals surface area (Å²) in [5.74, 6) is 1.39. The van der Waals surface area contributed by atoms with Crippen LogP contribution >= 0.6 is 0 Å². The van der Waals surface area contributed by atoms with Gasteiger partial charge in [0.05, 0.1) is 0 Å². The number of nitrogens with one attached hydrogen (secondary N) is 1. The first kappa shape index (κ1) is 20.4. The fourth-order valence-corrected chi connectivity index (χ4v) is 3.46. The van der Waals surface area contributed by atoms with Crippen LogP contribution in [0.5, 0.6) is 0 Å². The molecular weight excluding hydrogens is 348 g/mol. The number of rotatable bonds is 10. The topological polar surface area (TPSA) is 41.6 Å². The van der Waals surface area contributed by atoms with E-state index in [2.05, 4.69) is 24.1 Å². The second kappa shape index (κ2) is 10.3. The van der Waals surface area contributed by atoms with Crippen LogP contribution in [0.4, 0.5) is 4.79 Å². The largest absolute Gasteiger partial charge is 0.440 e. The van der Waals surface area contributed by atoms with Crippen molar-refractivity contribution in [3.8, 4) is 0 Å². The summed E-state index contributed by atoms with van der Waals surface area (Å²) in [5, 5.41) is 2.89. The van der Waals surface area contributed by atoms with Crippen LogP contribution in [-0.4, -0.2) is 30.6 Å². The predicted octanol–water partition coefficient (Wildman–Crippen LogP) is 5.02. The quantitative estimate of drug-likeness (QED) is 0.629. The van der Waals surface area contributed by atoms with Gasteiger partial charge in [0.25, 0.3) is 0 Å². The molecule has 0 aromatic heterocycles. The van der Waals surface area contributed by atoms with Crippen LogP contribution < -0.4 is 5.32 Å². The zero-order chi connectivity index (χ0) is 19.8. The fraction of sp³-hybridized carbons (Fsp3) is 0.458. The van der Waals surface area contributed by atoms with E-state index in [1.165, 1.54) is 12.8 Å². The van der Waals surface area contributed by atoms with E-state index in [-0.39, 0.29) is 12.2 Å². The van der Waals surface area contributed by atoms with Gasteiger partial charge in [-0.3, -0.25) is 4.90 Å². The summed E-state index contributed by atoms with van der Waals surface area (Å²) in [6.07, 6.45) is 2.01. The maximum absolute atomic E-state index is 12.5. The highest BCUT2D eigenvalue weighted by molar-refractivity contribution is 5.67. The van der Waals surface area contributed by atoms with Gasteiger partial charge >= 0.3 is 6.09 Å². The van der Waals surface area contributed by atoms with E-state index in [0.717, 1.165) is 36.7 Å². The molecule has 28 heavy (non-hydrogen) atoms. The van der Waals surface area contributed by atoms with Crippen molar-refractivity contribution in [3.05, 3.63) is 71.8 Å². The standard InChI is InChI=1S/C24H32N2O2/c1-19(2)16-26(17-21-13-14-21)18-23(22-11-7-4-8-12-22)28-24(27)25-15-20-9-5-3-6-10-20/h3-12,19,21,23H,13-18H2,1-2H3,(H,25,27). The van der Waals surface area contributed by atoms with Crippen LogP contribution in [0.25, 0.3) is 0 Å². The van der Waals surface area contributed by atoms with Gasteiger partial charge in [-0.15, -0.1) is 0 Å². The number of ether oxygens (including phenoxy) is 1. The summed E-state index contributed by atoms with van der Waals surface area (Å²) in [6, 6.07) is 20.0. The molecule has 0 heterocycles. The second-order valence-corrected chi connectivity index (χ2v) is 8.20. The van der Waals surface area contributed by atoms with Crippen LogP contribution in [0, 0.1) is 11.8 Å². The van der Waals surface area contributed by atoms with E-state index < -0.39 is 0 Å². The Morgan fingerprint density at radius 3 is 2.29 bits per heavy atom. The van der Waals surface area contributed by atoms with E-state index in [1.807, 2.05) is 60.7 Å². The minimum atomic E-state index is -0.367. The Bertz CT molecular complexity index is 710. The molecule has 1 unspecified atom stereocenters. The second-order valence-electron chi connectivity index (χ2n) is 8.20. The van der Waals surface area contributed by atoms with Crippen LogP contribution in [0.1, 0.15) is 43.9 Å². The minimum absolute atomic E-state index is 0.269. The first-order chi connectivity index (χ1) is 13.6. The molecule has 0 radical (unpaired) electrons. The molecule has 1 fully saturated rings. The number of hydrogen-bond acceptors (Lipinski definition) is 3. The molecule has 3 rings (SSSR count). The van der Waals surface area contributed by atoms with Crippen LogP contribution in [0.3, 0.4) is 0 Å². The van der Waals surface area contributed by atoms with Crippen molar-refractivity contribution in [2.45, 2.75) is 39.3 Å². The Balaban J connectivity index is 1.63. The smallest absolute Gasteiger partial charge is 0.408 e. The van der Waals surface area contributed by atoms with Crippen molar-refractivity contribution in [2.24, 2.45) is 11.8 Å². The third kappa shape index (κ3) is 7.01. The number of carbonyl (C=O) groups is 1. The van der Waals surface area contributed by atoms with Crippen molar-refractivity contribution in [1.82, 2.24) is 10.2 Å². The van der Waals surface area contributed by atoms with Gasteiger partial charge in [-0.05, 0) is 35.8 Å². The van der Waals surface area contributed by atoms with Gasteiger partial charge in [0, 0.05) is 26.2 Å². The molecule has 1 aliphatic rings. The van der Waals surface area contributed by atoms with Crippen LogP contribution in [0.15, 0.2) is 60.7 Å². The first-order valence-electron chi connectivity index (χ1n) is 10.4. The van der Waals surface area contributed by atoms with Gasteiger partial charge in [-0.1, -0.05) is 74.5 Å². The van der Waals surface area contributed by atoms with Gasteiger partial charge in [0.15, 0.2) is 0 Å². The average Bonchev–Trinajstić information content (AvgIpc) is 3.51. The average molecular weight is 381 g/mol. The monoisotopic (exact) mass is 380 g/mol. The van der Waals surface area contributed by atoms with Crippen LogP contribution in [-0.2, 0) is 11.3 Å². The normalized spacial score (nSPS) is 14.9. The summed E-state index contributed by atoms with van der Waals surface area (Å²) >= 11 is 0. The van der Waals surface area contributed by atoms with Crippen LogP contribution in [0.2, 0.25) is 0 Å². The molecule has 150 valence electrons. The van der Waals surface area contributed by atoms with E-state index in [1.54, 1.807) is 0 Å². The summed E-state index contributed by atoms with van der Waals surface area (Å²) < 4.78 is 5.88. The Morgan fingerprint density at radius 2 is 1.68 bits per heavy atom. The summed E-state index contributed by atoms with van der Waals surface area (Å²) in [6.45, 7) is 7.80. The first-order valence-corrected chi connectivity index (χ1v) is 10.4. The van der Waals surface area contributed by atoms with E-state index in [0.29, 0.717) is 12.5 Å². The maximum Gasteiger partial charge on any atom is 0.408 e. The number of hydrogen-bond donors (Lipinski definition) is 1. The molecule has 1 aliphatic carbocycles. The third-order valence-electron chi connectivity index (χ3n) is 4.96. The molecule has 4 nitrogen and oxygen atoms in total. The zero-order valence-electron chi connectivity index (χ0n) is 17.0. The Morgan fingerprint density at radius 1 is 1.04 bits per heavy atom. The molecule has 1 saturated carbocycles.